The monoisotopic (exact) mass is 336 g/mol. The standard InChI is InChI=1S/C24H20N2/c1-24(2,3)23-17-21(6-4-19-8-12-25-13-9-19)16-22(18-23)7-5-20-10-14-26-15-11-20/h8-18H,1-3H3. The minimum atomic E-state index is 0.0292. The smallest absolute Gasteiger partial charge is 0.0280 e. The first-order chi connectivity index (χ1) is 12.5. The van der Waals surface area contributed by atoms with Crippen LogP contribution >= 0.6 is 0 Å². The van der Waals surface area contributed by atoms with Gasteiger partial charge in [0.05, 0.1) is 0 Å². The highest BCUT2D eigenvalue weighted by atomic mass is 14.6. The van der Waals surface area contributed by atoms with E-state index in [9.17, 15) is 0 Å². The average Bonchev–Trinajstić information content (AvgIpc) is 2.66. The lowest BCUT2D eigenvalue weighted by molar-refractivity contribution is 0.590. The highest BCUT2D eigenvalue weighted by molar-refractivity contribution is 5.51. The highest BCUT2D eigenvalue weighted by Gasteiger charge is 2.14. The summed E-state index contributed by atoms with van der Waals surface area (Å²) in [7, 11) is 0. The van der Waals surface area contributed by atoms with E-state index in [1.54, 1.807) is 24.8 Å². The Balaban J connectivity index is 2.00. The van der Waals surface area contributed by atoms with Gasteiger partial charge in [0.15, 0.2) is 0 Å². The van der Waals surface area contributed by atoms with Crippen LogP contribution in [0.15, 0.2) is 67.3 Å². The number of nitrogens with zero attached hydrogens (tertiary/aromatic N) is 2. The lowest BCUT2D eigenvalue weighted by Gasteiger charge is -2.19. The van der Waals surface area contributed by atoms with Gasteiger partial charge in [-0.25, -0.2) is 0 Å². The van der Waals surface area contributed by atoms with Crippen molar-refractivity contribution >= 4 is 0 Å². The molecule has 0 saturated heterocycles. The first-order valence-corrected chi connectivity index (χ1v) is 8.50. The van der Waals surface area contributed by atoms with E-state index in [-0.39, 0.29) is 5.41 Å². The Bertz CT molecular complexity index is 931. The molecule has 2 nitrogen and oxygen atoms in total. The van der Waals surface area contributed by atoms with Crippen LogP contribution in [0, 0.1) is 23.7 Å². The zero-order valence-corrected chi connectivity index (χ0v) is 15.2. The van der Waals surface area contributed by atoms with Gasteiger partial charge in [-0.1, -0.05) is 44.5 Å². The molecule has 2 heteroatoms. The maximum atomic E-state index is 4.02. The highest BCUT2D eigenvalue weighted by Crippen LogP contribution is 2.24. The number of hydrogen-bond acceptors (Lipinski definition) is 2. The molecule has 3 rings (SSSR count). The molecule has 0 aliphatic heterocycles. The first kappa shape index (κ1) is 17.5. The van der Waals surface area contributed by atoms with Crippen LogP contribution in [0.5, 0.6) is 0 Å². The van der Waals surface area contributed by atoms with Gasteiger partial charge in [-0.15, -0.1) is 0 Å². The Kier molecular flexibility index (Phi) is 5.16. The minimum Gasteiger partial charge on any atom is -0.265 e. The summed E-state index contributed by atoms with van der Waals surface area (Å²) in [6.45, 7) is 6.59. The van der Waals surface area contributed by atoms with Crippen LogP contribution in [0.4, 0.5) is 0 Å². The summed E-state index contributed by atoms with van der Waals surface area (Å²) in [5.74, 6) is 12.9. The summed E-state index contributed by atoms with van der Waals surface area (Å²) in [6, 6.07) is 14.0. The number of rotatable bonds is 0. The number of aromatic nitrogens is 2. The lowest BCUT2D eigenvalue weighted by atomic mass is 9.85. The van der Waals surface area contributed by atoms with Crippen molar-refractivity contribution in [3.8, 4) is 23.7 Å². The number of pyridine rings is 2. The van der Waals surface area contributed by atoms with E-state index < -0.39 is 0 Å². The van der Waals surface area contributed by atoms with Gasteiger partial charge < -0.3 is 0 Å². The van der Waals surface area contributed by atoms with Gasteiger partial charge in [0.2, 0.25) is 0 Å². The van der Waals surface area contributed by atoms with E-state index >= 15 is 0 Å². The molecule has 126 valence electrons. The molecule has 0 amide bonds. The molecule has 0 spiro atoms. The molecule has 1 aromatic carbocycles. The van der Waals surface area contributed by atoms with Crippen molar-refractivity contribution in [3.63, 3.8) is 0 Å². The van der Waals surface area contributed by atoms with Crippen LogP contribution in [0.3, 0.4) is 0 Å². The van der Waals surface area contributed by atoms with E-state index in [0.29, 0.717) is 0 Å². The Labute approximate surface area is 155 Å². The summed E-state index contributed by atoms with van der Waals surface area (Å²) in [6.07, 6.45) is 7.00. The molecule has 0 fully saturated rings. The third kappa shape index (κ3) is 4.82. The zero-order chi connectivity index (χ0) is 18.4. The summed E-state index contributed by atoms with van der Waals surface area (Å²) in [5, 5.41) is 0. The zero-order valence-electron chi connectivity index (χ0n) is 15.2. The first-order valence-electron chi connectivity index (χ1n) is 8.50. The second-order valence-corrected chi connectivity index (χ2v) is 7.02. The third-order valence-electron chi connectivity index (χ3n) is 3.86. The van der Waals surface area contributed by atoms with Gasteiger partial charge in [-0.05, 0) is 53.4 Å². The molecule has 0 unspecified atom stereocenters. The van der Waals surface area contributed by atoms with E-state index in [2.05, 4.69) is 66.6 Å². The molecule has 26 heavy (non-hydrogen) atoms. The Morgan fingerprint density at radius 2 is 0.962 bits per heavy atom. The van der Waals surface area contributed by atoms with Crippen LogP contribution in [-0.2, 0) is 5.41 Å². The van der Waals surface area contributed by atoms with Crippen molar-refractivity contribution in [2.24, 2.45) is 0 Å². The largest absolute Gasteiger partial charge is 0.265 e. The number of benzene rings is 1. The molecule has 0 aliphatic carbocycles. The van der Waals surface area contributed by atoms with Crippen molar-refractivity contribution in [2.45, 2.75) is 26.2 Å². The fourth-order valence-corrected chi connectivity index (χ4v) is 2.36. The van der Waals surface area contributed by atoms with Crippen LogP contribution in [0.1, 0.15) is 48.6 Å². The van der Waals surface area contributed by atoms with Crippen LogP contribution < -0.4 is 0 Å². The fraction of sp³-hybridized carbons (Fsp3) is 0.167. The quantitative estimate of drug-likeness (QED) is 0.562. The predicted molar refractivity (Wildman–Crippen MR) is 106 cm³/mol. The van der Waals surface area contributed by atoms with E-state index in [1.165, 1.54) is 5.56 Å². The van der Waals surface area contributed by atoms with Crippen LogP contribution in [0.2, 0.25) is 0 Å². The minimum absolute atomic E-state index is 0.0292. The van der Waals surface area contributed by atoms with E-state index in [1.807, 2.05) is 30.3 Å². The molecule has 0 atom stereocenters. The van der Waals surface area contributed by atoms with E-state index in [0.717, 1.165) is 22.3 Å². The van der Waals surface area contributed by atoms with Crippen LogP contribution in [0.25, 0.3) is 0 Å². The van der Waals surface area contributed by atoms with Crippen molar-refractivity contribution in [1.29, 1.82) is 0 Å². The van der Waals surface area contributed by atoms with Gasteiger partial charge in [0.1, 0.15) is 0 Å². The molecule has 0 bridgehead atoms. The molecule has 2 heterocycles. The van der Waals surface area contributed by atoms with Crippen molar-refractivity contribution in [3.05, 3.63) is 95.1 Å². The summed E-state index contributed by atoms with van der Waals surface area (Å²) >= 11 is 0. The summed E-state index contributed by atoms with van der Waals surface area (Å²) < 4.78 is 0. The Morgan fingerprint density at radius 1 is 0.577 bits per heavy atom. The Morgan fingerprint density at radius 3 is 1.35 bits per heavy atom. The molecule has 2 aromatic heterocycles. The van der Waals surface area contributed by atoms with Crippen molar-refractivity contribution < 1.29 is 0 Å². The second-order valence-electron chi connectivity index (χ2n) is 7.02. The molecular weight excluding hydrogens is 316 g/mol. The van der Waals surface area contributed by atoms with E-state index in [4.69, 9.17) is 0 Å². The van der Waals surface area contributed by atoms with Gasteiger partial charge in [0.25, 0.3) is 0 Å². The van der Waals surface area contributed by atoms with Gasteiger partial charge in [-0.2, -0.15) is 0 Å². The Hall–Kier alpha value is -3.36. The third-order valence-corrected chi connectivity index (χ3v) is 3.86. The maximum Gasteiger partial charge on any atom is 0.0280 e. The normalized spacial score (nSPS) is 10.3. The predicted octanol–water partition coefficient (Wildman–Crippen LogP) is 4.57. The van der Waals surface area contributed by atoms with Gasteiger partial charge >= 0.3 is 0 Å². The molecule has 3 aromatic rings. The van der Waals surface area contributed by atoms with Crippen molar-refractivity contribution in [1.82, 2.24) is 9.97 Å². The SMILES string of the molecule is CC(C)(C)c1cc(C#Cc2ccncc2)cc(C#Cc2ccncc2)c1. The molecule has 0 aliphatic rings. The fourth-order valence-electron chi connectivity index (χ4n) is 2.36. The number of hydrogen-bond donors (Lipinski definition) is 0. The maximum absolute atomic E-state index is 4.02. The molecule has 0 saturated carbocycles. The molecular formula is C24H20N2. The van der Waals surface area contributed by atoms with Crippen LogP contribution in [-0.4, -0.2) is 9.97 Å². The topological polar surface area (TPSA) is 25.8 Å². The lowest BCUT2D eigenvalue weighted by Crippen LogP contribution is -2.11. The van der Waals surface area contributed by atoms with Crippen molar-refractivity contribution in [2.75, 3.05) is 0 Å². The van der Waals surface area contributed by atoms with Gasteiger partial charge in [-0.3, -0.25) is 9.97 Å². The summed E-state index contributed by atoms with van der Waals surface area (Å²) in [4.78, 5) is 8.05. The molecule has 0 radical (unpaired) electrons. The average molecular weight is 336 g/mol. The second kappa shape index (κ2) is 7.68. The van der Waals surface area contributed by atoms with Gasteiger partial charge in [0, 0.05) is 47.0 Å². The molecule has 0 N–H and O–H groups in total. The summed E-state index contributed by atoms with van der Waals surface area (Å²) in [5.41, 5.74) is 5.08.